The normalized spacial score (nSPS) is 10.8. The average molecular weight is 500 g/mol. The lowest BCUT2D eigenvalue weighted by molar-refractivity contribution is 0.102. The molecule has 4 aromatic rings. The van der Waals surface area contributed by atoms with Crippen LogP contribution in [0.3, 0.4) is 0 Å². The minimum Gasteiger partial charge on any atom is -0.322 e. The first-order chi connectivity index (χ1) is 15.4. The van der Waals surface area contributed by atoms with E-state index in [2.05, 4.69) is 10.3 Å². The molecule has 0 aliphatic rings. The number of hydrogen-bond donors (Lipinski definition) is 1. The molecule has 3 nitrogen and oxygen atoms in total. The zero-order valence-electron chi connectivity index (χ0n) is 16.9. The fourth-order valence-corrected chi connectivity index (χ4v) is 4.50. The van der Waals surface area contributed by atoms with Crippen LogP contribution in [0, 0.1) is 0 Å². The third kappa shape index (κ3) is 5.11. The molecule has 0 unspecified atom stereocenters. The zero-order chi connectivity index (χ0) is 22.7. The maximum Gasteiger partial charge on any atom is 0.256 e. The number of rotatable bonds is 5. The van der Waals surface area contributed by atoms with E-state index in [1.54, 1.807) is 54.4 Å². The molecule has 0 radical (unpaired) electrons. The van der Waals surface area contributed by atoms with E-state index in [1.165, 1.54) is 0 Å². The number of carbonyl (C=O) groups is 1. The highest BCUT2D eigenvalue weighted by Gasteiger charge is 2.16. The summed E-state index contributed by atoms with van der Waals surface area (Å²) >= 11 is 20.4. The minimum absolute atomic E-state index is 0.252. The molecular formula is C25H17Cl3N2OS. The van der Waals surface area contributed by atoms with E-state index in [0.29, 0.717) is 26.3 Å². The van der Waals surface area contributed by atoms with Gasteiger partial charge in [-0.1, -0.05) is 40.9 Å². The van der Waals surface area contributed by atoms with Gasteiger partial charge in [-0.2, -0.15) is 0 Å². The van der Waals surface area contributed by atoms with Gasteiger partial charge in [0.15, 0.2) is 0 Å². The Bertz CT molecular complexity index is 1280. The van der Waals surface area contributed by atoms with Crippen LogP contribution in [0.1, 0.15) is 10.4 Å². The van der Waals surface area contributed by atoms with Gasteiger partial charge >= 0.3 is 0 Å². The summed E-state index contributed by atoms with van der Waals surface area (Å²) in [4.78, 5) is 18.7. The molecule has 1 amide bonds. The van der Waals surface area contributed by atoms with Crippen LogP contribution in [0.4, 0.5) is 5.69 Å². The van der Waals surface area contributed by atoms with E-state index in [0.717, 1.165) is 27.3 Å². The van der Waals surface area contributed by atoms with Crippen molar-refractivity contribution in [2.45, 2.75) is 4.90 Å². The number of pyridine rings is 1. The number of halogens is 3. The number of benzene rings is 3. The number of nitrogens with one attached hydrogen (secondary N) is 1. The van der Waals surface area contributed by atoms with Gasteiger partial charge < -0.3 is 5.32 Å². The number of aromatic nitrogens is 1. The molecule has 1 aromatic heterocycles. The molecule has 1 N–H and O–H groups in total. The Hall–Kier alpha value is -2.50. The zero-order valence-corrected chi connectivity index (χ0v) is 20.0. The van der Waals surface area contributed by atoms with Crippen LogP contribution in [0.5, 0.6) is 0 Å². The summed E-state index contributed by atoms with van der Waals surface area (Å²) in [6.07, 6.45) is 3.68. The molecule has 0 fully saturated rings. The van der Waals surface area contributed by atoms with Gasteiger partial charge in [0, 0.05) is 38.0 Å². The summed E-state index contributed by atoms with van der Waals surface area (Å²) in [6, 6.07) is 21.9. The summed E-state index contributed by atoms with van der Waals surface area (Å²) in [6.45, 7) is 0. The smallest absolute Gasteiger partial charge is 0.256 e. The van der Waals surface area contributed by atoms with Crippen molar-refractivity contribution in [3.8, 4) is 22.4 Å². The van der Waals surface area contributed by atoms with Gasteiger partial charge in [-0.3, -0.25) is 9.78 Å². The summed E-state index contributed by atoms with van der Waals surface area (Å²) in [5.74, 6) is -0.252. The fourth-order valence-electron chi connectivity index (χ4n) is 3.32. The highest BCUT2D eigenvalue weighted by atomic mass is 35.5. The topological polar surface area (TPSA) is 42.0 Å². The molecule has 4 rings (SSSR count). The average Bonchev–Trinajstić information content (AvgIpc) is 2.79. The van der Waals surface area contributed by atoms with Crippen LogP contribution in [-0.2, 0) is 0 Å². The van der Waals surface area contributed by atoms with Crippen LogP contribution in [0.15, 0.2) is 83.9 Å². The van der Waals surface area contributed by atoms with Gasteiger partial charge in [0.25, 0.3) is 5.91 Å². The van der Waals surface area contributed by atoms with Crippen molar-refractivity contribution in [2.75, 3.05) is 11.6 Å². The van der Waals surface area contributed by atoms with Crippen LogP contribution < -0.4 is 5.32 Å². The maximum absolute atomic E-state index is 13.3. The van der Waals surface area contributed by atoms with Gasteiger partial charge in [-0.25, -0.2) is 0 Å². The first-order valence-corrected chi connectivity index (χ1v) is 12.0. The number of hydrogen-bond acceptors (Lipinski definition) is 3. The second-order valence-corrected chi connectivity index (χ2v) is 9.09. The molecule has 0 atom stereocenters. The quantitative estimate of drug-likeness (QED) is 0.280. The lowest BCUT2D eigenvalue weighted by Crippen LogP contribution is -2.13. The molecule has 0 aliphatic carbocycles. The molecule has 3 aromatic carbocycles. The third-order valence-electron chi connectivity index (χ3n) is 4.81. The van der Waals surface area contributed by atoms with Gasteiger partial charge in [-0.05, 0) is 84.1 Å². The standard InChI is InChI=1S/C25H17Cl3N2OS/c1-32-19-6-7-20(21(14-19)15-10-16(26)12-17(27)11-15)25(31)30-18-5-8-23(28)22(13-18)24-4-2-3-9-29-24/h2-14H,1H3,(H,30,31). The van der Waals surface area contributed by atoms with Crippen LogP contribution in [-0.4, -0.2) is 17.1 Å². The molecular weight excluding hydrogens is 483 g/mol. The SMILES string of the molecule is CSc1ccc(C(=O)Nc2ccc(Cl)c(-c3ccccn3)c2)c(-c2cc(Cl)cc(Cl)c2)c1. The monoisotopic (exact) mass is 498 g/mol. The van der Waals surface area contributed by atoms with Crippen molar-refractivity contribution in [2.24, 2.45) is 0 Å². The number of thioether (sulfide) groups is 1. The Kier molecular flexibility index (Phi) is 7.07. The van der Waals surface area contributed by atoms with E-state index >= 15 is 0 Å². The Morgan fingerprint density at radius 1 is 0.875 bits per heavy atom. The Labute approximate surface area is 205 Å². The van der Waals surface area contributed by atoms with Crippen molar-refractivity contribution >= 4 is 58.2 Å². The highest BCUT2D eigenvalue weighted by molar-refractivity contribution is 7.98. The molecule has 7 heteroatoms. The van der Waals surface area contributed by atoms with Gasteiger partial charge in [-0.15, -0.1) is 11.8 Å². The molecule has 160 valence electrons. The van der Waals surface area contributed by atoms with Gasteiger partial charge in [0.05, 0.1) is 10.7 Å². The van der Waals surface area contributed by atoms with E-state index < -0.39 is 0 Å². The predicted molar refractivity (Wildman–Crippen MR) is 136 cm³/mol. The lowest BCUT2D eigenvalue weighted by atomic mass is 9.99. The fraction of sp³-hybridized carbons (Fsp3) is 0.0400. The van der Waals surface area contributed by atoms with E-state index in [4.69, 9.17) is 34.8 Å². The lowest BCUT2D eigenvalue weighted by Gasteiger charge is -2.14. The second kappa shape index (κ2) is 9.97. The van der Waals surface area contributed by atoms with Crippen molar-refractivity contribution < 1.29 is 4.79 Å². The van der Waals surface area contributed by atoms with Crippen LogP contribution >= 0.6 is 46.6 Å². The second-order valence-electron chi connectivity index (χ2n) is 6.93. The number of nitrogens with zero attached hydrogens (tertiary/aromatic N) is 1. The van der Waals surface area contributed by atoms with Gasteiger partial charge in [0.1, 0.15) is 0 Å². The summed E-state index contributed by atoms with van der Waals surface area (Å²) in [5, 5.41) is 4.54. The molecule has 0 saturated heterocycles. The van der Waals surface area contributed by atoms with E-state index in [1.807, 2.05) is 42.7 Å². The Balaban J connectivity index is 1.72. The largest absolute Gasteiger partial charge is 0.322 e. The number of anilines is 1. The first-order valence-electron chi connectivity index (χ1n) is 9.61. The number of carbonyl (C=O) groups excluding carboxylic acids is 1. The minimum atomic E-state index is -0.252. The summed E-state index contributed by atoms with van der Waals surface area (Å²) < 4.78 is 0. The Morgan fingerprint density at radius 2 is 1.66 bits per heavy atom. The molecule has 0 aliphatic heterocycles. The summed E-state index contributed by atoms with van der Waals surface area (Å²) in [5.41, 5.74) is 4.11. The number of amides is 1. The first kappa shape index (κ1) is 22.7. The maximum atomic E-state index is 13.3. The third-order valence-corrected chi connectivity index (χ3v) is 6.30. The van der Waals surface area contributed by atoms with E-state index in [-0.39, 0.29) is 5.91 Å². The van der Waals surface area contributed by atoms with Crippen molar-refractivity contribution in [1.82, 2.24) is 4.98 Å². The molecule has 1 heterocycles. The van der Waals surface area contributed by atoms with Gasteiger partial charge in [0.2, 0.25) is 0 Å². The Morgan fingerprint density at radius 3 is 2.34 bits per heavy atom. The van der Waals surface area contributed by atoms with Crippen LogP contribution in [0.25, 0.3) is 22.4 Å². The van der Waals surface area contributed by atoms with Crippen molar-refractivity contribution in [3.05, 3.63) is 99.6 Å². The molecule has 0 bridgehead atoms. The molecule has 0 saturated carbocycles. The van der Waals surface area contributed by atoms with Crippen molar-refractivity contribution in [3.63, 3.8) is 0 Å². The van der Waals surface area contributed by atoms with E-state index in [9.17, 15) is 4.79 Å². The predicted octanol–water partition coefficient (Wildman–Crippen LogP) is 8.35. The summed E-state index contributed by atoms with van der Waals surface area (Å²) in [7, 11) is 0. The molecule has 0 spiro atoms. The molecule has 32 heavy (non-hydrogen) atoms. The van der Waals surface area contributed by atoms with Crippen LogP contribution in [0.2, 0.25) is 15.1 Å². The highest BCUT2D eigenvalue weighted by Crippen LogP contribution is 2.34. The van der Waals surface area contributed by atoms with Crippen molar-refractivity contribution in [1.29, 1.82) is 0 Å².